The van der Waals surface area contributed by atoms with Gasteiger partial charge in [0, 0.05) is 39.0 Å². The summed E-state index contributed by atoms with van der Waals surface area (Å²) in [6.45, 7) is 15.2. The van der Waals surface area contributed by atoms with Crippen LogP contribution in [0.5, 0.6) is 11.5 Å². The van der Waals surface area contributed by atoms with Gasteiger partial charge in [0.25, 0.3) is 0 Å². The zero-order valence-electron chi connectivity index (χ0n) is 20.9. The Morgan fingerprint density at radius 3 is 2.15 bits per heavy atom. The van der Waals surface area contributed by atoms with Gasteiger partial charge < -0.3 is 9.47 Å². The van der Waals surface area contributed by atoms with E-state index in [1.54, 1.807) is 13.8 Å². The minimum atomic E-state index is -0.459. The first-order valence-electron chi connectivity index (χ1n) is 12.3. The Balaban J connectivity index is 2.24. The van der Waals surface area contributed by atoms with Crippen molar-refractivity contribution in [3.63, 3.8) is 0 Å². The fraction of sp³-hybridized carbons (Fsp3) is 0.400. The van der Waals surface area contributed by atoms with Gasteiger partial charge in [-0.15, -0.1) is 0 Å². The molecule has 2 aromatic carbocycles. The topological polar surface area (TPSA) is 52.6 Å². The summed E-state index contributed by atoms with van der Waals surface area (Å²) >= 11 is 0. The highest BCUT2D eigenvalue weighted by atomic mass is 16.5. The van der Waals surface area contributed by atoms with Gasteiger partial charge in [-0.1, -0.05) is 89.1 Å². The molecule has 34 heavy (non-hydrogen) atoms. The molecule has 0 saturated carbocycles. The van der Waals surface area contributed by atoms with Gasteiger partial charge in [0.15, 0.2) is 0 Å². The van der Waals surface area contributed by atoms with Gasteiger partial charge >= 0.3 is 11.9 Å². The van der Waals surface area contributed by atoms with Crippen LogP contribution in [0.15, 0.2) is 60.7 Å². The smallest absolute Gasteiger partial charge is 0.338 e. The number of allylic oxidation sites excluding steroid dienone is 2. The minimum absolute atomic E-state index is 0.0605. The number of hydrogen-bond acceptors (Lipinski definition) is 4. The van der Waals surface area contributed by atoms with Crippen LogP contribution in [0, 0.1) is 5.92 Å². The second-order valence-corrected chi connectivity index (χ2v) is 9.33. The van der Waals surface area contributed by atoms with E-state index < -0.39 is 11.9 Å². The maximum absolute atomic E-state index is 12.7. The third-order valence-electron chi connectivity index (χ3n) is 6.54. The number of fused-ring (bicyclic) bond motifs is 2. The molecular formula is C30H36O4. The van der Waals surface area contributed by atoms with Gasteiger partial charge in [-0.25, -0.2) is 9.59 Å². The Morgan fingerprint density at radius 1 is 1.00 bits per heavy atom. The van der Waals surface area contributed by atoms with E-state index in [-0.39, 0.29) is 5.92 Å². The number of carbonyl (C=O) groups excluding carboxylic acids is 2. The van der Waals surface area contributed by atoms with Crippen molar-refractivity contribution in [2.45, 2.75) is 72.1 Å². The summed E-state index contributed by atoms with van der Waals surface area (Å²) < 4.78 is 11.9. The summed E-state index contributed by atoms with van der Waals surface area (Å²) in [6.07, 6.45) is 10.5. The monoisotopic (exact) mass is 460 g/mol. The van der Waals surface area contributed by atoms with E-state index in [1.807, 2.05) is 24.3 Å². The molecule has 180 valence electrons. The molecule has 1 aliphatic carbocycles. The largest absolute Gasteiger partial charge is 0.422 e. The predicted octanol–water partition coefficient (Wildman–Crippen LogP) is 7.61. The Morgan fingerprint density at radius 2 is 1.59 bits per heavy atom. The lowest BCUT2D eigenvalue weighted by atomic mass is 9.78. The number of unbranched alkanes of at least 4 members (excludes halogenated alkanes) is 1. The van der Waals surface area contributed by atoms with Crippen LogP contribution in [0.2, 0.25) is 0 Å². The highest BCUT2D eigenvalue weighted by Gasteiger charge is 2.31. The maximum Gasteiger partial charge on any atom is 0.338 e. The summed E-state index contributed by atoms with van der Waals surface area (Å²) in [7, 11) is 0. The molecule has 0 aromatic heterocycles. The molecule has 0 amide bonds. The molecule has 3 rings (SSSR count). The van der Waals surface area contributed by atoms with Crippen molar-refractivity contribution in [1.82, 2.24) is 0 Å². The van der Waals surface area contributed by atoms with Crippen molar-refractivity contribution in [3.05, 3.63) is 71.8 Å². The third kappa shape index (κ3) is 5.49. The van der Waals surface area contributed by atoms with Gasteiger partial charge in [-0.2, -0.15) is 0 Å². The van der Waals surface area contributed by atoms with Crippen LogP contribution in [0.4, 0.5) is 0 Å². The SMILES string of the molecule is C=C(C)C(=O)Oc1c2c(c(OC(=O)C(=C)C)c3ccccc13)C(CC(CC)CCCC)C=CC2. The number of ether oxygens (including phenoxy) is 2. The number of carbonyl (C=O) groups is 2. The molecule has 0 fully saturated rings. The van der Waals surface area contributed by atoms with Crippen molar-refractivity contribution in [2.24, 2.45) is 5.92 Å². The zero-order valence-corrected chi connectivity index (χ0v) is 20.9. The van der Waals surface area contributed by atoms with Gasteiger partial charge in [-0.05, 0) is 32.6 Å². The van der Waals surface area contributed by atoms with Crippen molar-refractivity contribution in [1.29, 1.82) is 0 Å². The van der Waals surface area contributed by atoms with E-state index in [2.05, 4.69) is 39.2 Å². The lowest BCUT2D eigenvalue weighted by Crippen LogP contribution is -2.18. The van der Waals surface area contributed by atoms with E-state index in [9.17, 15) is 9.59 Å². The maximum atomic E-state index is 12.7. The normalized spacial score (nSPS) is 15.5. The van der Waals surface area contributed by atoms with Crippen molar-refractivity contribution in [2.75, 3.05) is 0 Å². The van der Waals surface area contributed by atoms with E-state index >= 15 is 0 Å². The number of esters is 2. The molecule has 4 nitrogen and oxygen atoms in total. The summed E-state index contributed by atoms with van der Waals surface area (Å²) in [5, 5.41) is 1.50. The van der Waals surface area contributed by atoms with Crippen LogP contribution in [-0.2, 0) is 16.0 Å². The minimum Gasteiger partial charge on any atom is -0.422 e. The molecule has 0 heterocycles. The molecule has 0 saturated heterocycles. The van der Waals surface area contributed by atoms with Crippen LogP contribution in [-0.4, -0.2) is 11.9 Å². The predicted molar refractivity (Wildman–Crippen MR) is 138 cm³/mol. The quantitative estimate of drug-likeness (QED) is 0.158. The molecule has 4 heteroatoms. The fourth-order valence-corrected chi connectivity index (χ4v) is 4.61. The number of rotatable bonds is 10. The summed E-state index contributed by atoms with van der Waals surface area (Å²) in [5.41, 5.74) is 2.52. The van der Waals surface area contributed by atoms with Gasteiger partial charge in [0.2, 0.25) is 0 Å². The van der Waals surface area contributed by atoms with E-state index in [0.29, 0.717) is 35.0 Å². The number of hydrogen-bond donors (Lipinski definition) is 0. The fourth-order valence-electron chi connectivity index (χ4n) is 4.61. The zero-order chi connectivity index (χ0) is 24.8. The van der Waals surface area contributed by atoms with E-state index in [1.165, 1.54) is 19.3 Å². The molecule has 2 unspecified atom stereocenters. The first kappa shape index (κ1) is 25.5. The molecule has 2 aromatic rings. The Bertz CT molecular complexity index is 1140. The molecule has 0 aliphatic heterocycles. The average Bonchev–Trinajstić information content (AvgIpc) is 2.83. The number of benzene rings is 2. The molecular weight excluding hydrogens is 424 g/mol. The van der Waals surface area contributed by atoms with Gasteiger partial charge in [0.1, 0.15) is 11.5 Å². The first-order valence-corrected chi connectivity index (χ1v) is 12.3. The van der Waals surface area contributed by atoms with Crippen LogP contribution in [0.3, 0.4) is 0 Å². The van der Waals surface area contributed by atoms with E-state index in [0.717, 1.165) is 34.7 Å². The van der Waals surface area contributed by atoms with Crippen molar-refractivity contribution in [3.8, 4) is 11.5 Å². The van der Waals surface area contributed by atoms with Crippen LogP contribution in [0.1, 0.15) is 76.8 Å². The first-order chi connectivity index (χ1) is 16.3. The summed E-state index contributed by atoms with van der Waals surface area (Å²) in [6, 6.07) is 7.61. The molecule has 0 bridgehead atoms. The lowest BCUT2D eigenvalue weighted by Gasteiger charge is -2.29. The van der Waals surface area contributed by atoms with Crippen LogP contribution < -0.4 is 9.47 Å². The summed E-state index contributed by atoms with van der Waals surface area (Å²) in [5.74, 6) is 0.784. The summed E-state index contributed by atoms with van der Waals surface area (Å²) in [4.78, 5) is 25.3. The van der Waals surface area contributed by atoms with E-state index in [4.69, 9.17) is 9.47 Å². The van der Waals surface area contributed by atoms with Crippen molar-refractivity contribution >= 4 is 22.7 Å². The van der Waals surface area contributed by atoms with Crippen LogP contribution in [0.25, 0.3) is 10.8 Å². The van der Waals surface area contributed by atoms with Crippen molar-refractivity contribution < 1.29 is 19.1 Å². The lowest BCUT2D eigenvalue weighted by molar-refractivity contribution is -0.131. The Kier molecular flexibility index (Phi) is 8.49. The Hall–Kier alpha value is -3.14. The molecule has 2 atom stereocenters. The molecule has 1 aliphatic rings. The molecule has 0 radical (unpaired) electrons. The highest BCUT2D eigenvalue weighted by molar-refractivity contribution is 6.01. The Labute approximate surface area is 203 Å². The average molecular weight is 461 g/mol. The standard InChI is InChI=1S/C30H36O4/c1-7-9-13-21(8-2)18-22-14-12-17-25-26(22)28(34-30(32)20(5)6)24-16-11-10-15-23(24)27(25)33-29(31)19(3)4/h10-12,14-16,21-22H,3,5,7-9,13,17-18H2,1-2,4,6H3. The second-order valence-electron chi connectivity index (χ2n) is 9.33. The molecule has 0 N–H and O–H groups in total. The van der Waals surface area contributed by atoms with Gasteiger partial charge in [0.05, 0.1) is 0 Å². The second kappa shape index (κ2) is 11.3. The highest BCUT2D eigenvalue weighted by Crippen LogP contribution is 2.49. The van der Waals surface area contributed by atoms with Gasteiger partial charge in [-0.3, -0.25) is 0 Å². The third-order valence-corrected chi connectivity index (χ3v) is 6.54. The van der Waals surface area contributed by atoms with Crippen LogP contribution >= 0.6 is 0 Å². The molecule has 0 spiro atoms.